The molecule has 0 bridgehead atoms. The smallest absolute Gasteiger partial charge is 0.135 e. The van der Waals surface area contributed by atoms with Gasteiger partial charge in [-0.2, -0.15) is 0 Å². The molecule has 3 N–H and O–H groups in total. The van der Waals surface area contributed by atoms with Crippen molar-refractivity contribution >= 4 is 17.3 Å². The van der Waals surface area contributed by atoms with Gasteiger partial charge in [0.15, 0.2) is 0 Å². The van der Waals surface area contributed by atoms with Crippen molar-refractivity contribution in [1.82, 2.24) is 20.2 Å². The van der Waals surface area contributed by atoms with E-state index in [4.69, 9.17) is 4.74 Å². The number of ether oxygens (including phenoxy) is 1. The Morgan fingerprint density at radius 3 is 2.69 bits per heavy atom. The first-order chi connectivity index (χ1) is 17.7. The second-order valence-corrected chi connectivity index (χ2v) is 9.93. The van der Waals surface area contributed by atoms with Gasteiger partial charge >= 0.3 is 0 Å². The van der Waals surface area contributed by atoms with Crippen LogP contribution >= 0.6 is 0 Å². The van der Waals surface area contributed by atoms with Crippen molar-refractivity contribution in [2.75, 3.05) is 49.5 Å². The van der Waals surface area contributed by atoms with Crippen molar-refractivity contribution in [3.05, 3.63) is 77.6 Å². The quantitative estimate of drug-likeness (QED) is 0.508. The molecule has 1 unspecified atom stereocenters. The van der Waals surface area contributed by atoms with Gasteiger partial charge in [0.2, 0.25) is 0 Å². The van der Waals surface area contributed by atoms with Gasteiger partial charge in [0.05, 0.1) is 18.8 Å². The van der Waals surface area contributed by atoms with Gasteiger partial charge in [-0.25, -0.2) is 9.97 Å². The Hall–Kier alpha value is -3.04. The van der Waals surface area contributed by atoms with E-state index in [9.17, 15) is 5.11 Å². The van der Waals surface area contributed by atoms with E-state index < -0.39 is 6.10 Å². The molecule has 188 valence electrons. The number of piperidine rings is 1. The first kappa shape index (κ1) is 23.4. The number of benzene rings is 2. The maximum atomic E-state index is 11.1. The zero-order valence-electron chi connectivity index (χ0n) is 20.5. The molecule has 3 aliphatic heterocycles. The highest BCUT2D eigenvalue weighted by Gasteiger charge is 2.34. The van der Waals surface area contributed by atoms with Crippen LogP contribution in [0.3, 0.4) is 0 Å². The van der Waals surface area contributed by atoms with E-state index >= 15 is 0 Å². The molecular formula is C28H34N6O2. The summed E-state index contributed by atoms with van der Waals surface area (Å²) in [6.45, 7) is 5.85. The maximum absolute atomic E-state index is 11.1. The molecule has 4 heterocycles. The number of nitrogens with one attached hydrogen (secondary N) is 2. The fourth-order valence-corrected chi connectivity index (χ4v) is 5.65. The summed E-state index contributed by atoms with van der Waals surface area (Å²) >= 11 is 0. The van der Waals surface area contributed by atoms with Gasteiger partial charge in [-0.3, -0.25) is 4.90 Å². The number of hydrogen-bond donors (Lipinski definition) is 3. The average molecular weight is 487 g/mol. The van der Waals surface area contributed by atoms with Crippen molar-refractivity contribution < 1.29 is 9.84 Å². The summed E-state index contributed by atoms with van der Waals surface area (Å²) in [4.78, 5) is 13.5. The molecule has 0 saturated carbocycles. The molecule has 6 rings (SSSR count). The second kappa shape index (κ2) is 10.5. The fourth-order valence-electron chi connectivity index (χ4n) is 5.65. The first-order valence-corrected chi connectivity index (χ1v) is 13.0. The van der Waals surface area contributed by atoms with Crippen molar-refractivity contribution in [3.63, 3.8) is 0 Å². The number of aromatic nitrogens is 2. The number of nitrogens with zero attached hydrogens (tertiary/aromatic N) is 4. The zero-order chi connectivity index (χ0) is 24.3. The summed E-state index contributed by atoms with van der Waals surface area (Å²) in [7, 11) is 0. The van der Waals surface area contributed by atoms with E-state index in [1.165, 1.54) is 16.7 Å². The molecule has 36 heavy (non-hydrogen) atoms. The molecule has 3 aliphatic rings. The Kier molecular flexibility index (Phi) is 6.83. The highest BCUT2D eigenvalue weighted by Crippen LogP contribution is 2.28. The van der Waals surface area contributed by atoms with Crippen molar-refractivity contribution in [2.45, 2.75) is 37.6 Å². The average Bonchev–Trinajstić information content (AvgIpc) is 2.94. The molecule has 8 nitrogen and oxygen atoms in total. The largest absolute Gasteiger partial charge is 0.390 e. The van der Waals surface area contributed by atoms with Crippen molar-refractivity contribution in [2.24, 2.45) is 0 Å². The Bertz CT molecular complexity index is 1170. The highest BCUT2D eigenvalue weighted by atomic mass is 16.5. The number of aliphatic hydroxyl groups excluding tert-OH is 1. The summed E-state index contributed by atoms with van der Waals surface area (Å²) in [5.74, 6) is 1.58. The van der Waals surface area contributed by atoms with E-state index in [-0.39, 0.29) is 12.1 Å². The van der Waals surface area contributed by atoms with Crippen LogP contribution in [0.2, 0.25) is 0 Å². The lowest BCUT2D eigenvalue weighted by Gasteiger charge is -2.43. The summed E-state index contributed by atoms with van der Waals surface area (Å²) in [5, 5.41) is 17.8. The lowest BCUT2D eigenvalue weighted by molar-refractivity contribution is 0.0277. The third kappa shape index (κ3) is 5.08. The van der Waals surface area contributed by atoms with E-state index in [1.807, 2.05) is 6.07 Å². The summed E-state index contributed by atoms with van der Waals surface area (Å²) < 4.78 is 5.84. The SMILES string of the molecule is O[C@@H]1CN(c2cc(Nc3ccc(C4CNCCO4)cc3)ncn2)CC[C@H]1N1CCc2ccccc2C1. The van der Waals surface area contributed by atoms with Crippen LogP contribution in [0, 0.1) is 0 Å². The number of rotatable bonds is 5. The fraction of sp³-hybridized carbons (Fsp3) is 0.429. The molecule has 0 spiro atoms. The predicted molar refractivity (Wildman–Crippen MR) is 141 cm³/mol. The van der Waals surface area contributed by atoms with Crippen LogP contribution in [-0.2, 0) is 17.7 Å². The second-order valence-electron chi connectivity index (χ2n) is 9.93. The Labute approximate surface area is 212 Å². The third-order valence-corrected chi connectivity index (χ3v) is 7.63. The molecule has 2 aromatic carbocycles. The molecule has 0 radical (unpaired) electrons. The minimum atomic E-state index is -0.417. The van der Waals surface area contributed by atoms with Gasteiger partial charge in [-0.1, -0.05) is 36.4 Å². The minimum absolute atomic E-state index is 0.104. The van der Waals surface area contributed by atoms with Crippen LogP contribution in [-0.4, -0.2) is 71.5 Å². The minimum Gasteiger partial charge on any atom is -0.390 e. The topological polar surface area (TPSA) is 85.8 Å². The normalized spacial score (nSPS) is 24.8. The summed E-state index contributed by atoms with van der Waals surface area (Å²) in [6, 6.07) is 19.1. The number of aliphatic hydroxyl groups is 1. The van der Waals surface area contributed by atoms with Crippen LogP contribution < -0.4 is 15.5 Å². The molecule has 3 aromatic rings. The molecule has 1 aromatic heterocycles. The van der Waals surface area contributed by atoms with Crippen LogP contribution in [0.4, 0.5) is 17.3 Å². The lowest BCUT2D eigenvalue weighted by atomic mass is 9.94. The molecule has 8 heteroatoms. The van der Waals surface area contributed by atoms with Crippen LogP contribution in [0.25, 0.3) is 0 Å². The van der Waals surface area contributed by atoms with E-state index in [0.29, 0.717) is 6.54 Å². The van der Waals surface area contributed by atoms with Crippen LogP contribution in [0.5, 0.6) is 0 Å². The van der Waals surface area contributed by atoms with Gasteiger partial charge in [0, 0.05) is 57.1 Å². The predicted octanol–water partition coefficient (Wildman–Crippen LogP) is 2.88. The van der Waals surface area contributed by atoms with Gasteiger partial charge in [-0.15, -0.1) is 0 Å². The van der Waals surface area contributed by atoms with E-state index in [1.54, 1.807) is 6.33 Å². The van der Waals surface area contributed by atoms with Gasteiger partial charge in [0.25, 0.3) is 0 Å². The van der Waals surface area contributed by atoms with Crippen molar-refractivity contribution in [3.8, 4) is 0 Å². The maximum Gasteiger partial charge on any atom is 0.135 e. The van der Waals surface area contributed by atoms with Gasteiger partial charge < -0.3 is 25.4 Å². The summed E-state index contributed by atoms with van der Waals surface area (Å²) in [5.41, 5.74) is 4.97. The Balaban J connectivity index is 1.07. The van der Waals surface area contributed by atoms with Gasteiger partial charge in [0.1, 0.15) is 18.0 Å². The zero-order valence-corrected chi connectivity index (χ0v) is 20.5. The Morgan fingerprint density at radius 2 is 1.89 bits per heavy atom. The number of fused-ring (bicyclic) bond motifs is 1. The number of β-amino-alcohol motifs (C(OH)–C–C–N with tert-alkyl or cyclic N) is 1. The summed E-state index contributed by atoms with van der Waals surface area (Å²) in [6.07, 6.45) is 3.24. The Morgan fingerprint density at radius 1 is 1.03 bits per heavy atom. The van der Waals surface area contributed by atoms with E-state index in [0.717, 1.165) is 69.5 Å². The third-order valence-electron chi connectivity index (χ3n) is 7.63. The monoisotopic (exact) mass is 486 g/mol. The number of hydrogen-bond acceptors (Lipinski definition) is 8. The number of anilines is 3. The molecule has 0 amide bonds. The highest BCUT2D eigenvalue weighted by molar-refractivity contribution is 5.59. The molecule has 3 atom stereocenters. The molecular weight excluding hydrogens is 452 g/mol. The molecule has 2 saturated heterocycles. The number of morpholine rings is 1. The first-order valence-electron chi connectivity index (χ1n) is 13.0. The van der Waals surface area contributed by atoms with Crippen LogP contribution in [0.15, 0.2) is 60.9 Å². The van der Waals surface area contributed by atoms with Crippen LogP contribution in [0.1, 0.15) is 29.2 Å². The van der Waals surface area contributed by atoms with E-state index in [2.05, 4.69) is 78.9 Å². The van der Waals surface area contributed by atoms with Gasteiger partial charge in [-0.05, 0) is 41.7 Å². The standard InChI is InChI=1S/C28H34N6O2/c35-25-18-34(13-10-24(25)33-12-9-20-3-1-2-4-22(20)17-33)28-15-27(30-19-31-28)32-23-7-5-21(6-8-23)26-16-29-11-14-36-26/h1-8,15,19,24-26,29,35H,9-14,16-18H2,(H,30,31,32)/t24-,25-,26?/m1/s1. The molecule has 0 aliphatic carbocycles. The van der Waals surface area contributed by atoms with Crippen molar-refractivity contribution in [1.29, 1.82) is 0 Å². The molecule has 2 fully saturated rings. The lowest BCUT2D eigenvalue weighted by Crippen LogP contribution is -2.55.